The molecule has 92 valence electrons. The molecule has 0 saturated carbocycles. The van der Waals surface area contributed by atoms with E-state index in [1.54, 1.807) is 0 Å². The van der Waals surface area contributed by atoms with Crippen LogP contribution >= 0.6 is 0 Å². The zero-order valence-corrected chi connectivity index (χ0v) is 10.2. The van der Waals surface area contributed by atoms with E-state index in [1.807, 2.05) is 4.90 Å². The van der Waals surface area contributed by atoms with E-state index in [4.69, 9.17) is 0 Å². The Balaban J connectivity index is 1.86. The van der Waals surface area contributed by atoms with Crippen LogP contribution in [0.5, 0.6) is 0 Å². The number of carbonyl (C=O) groups is 1. The predicted molar refractivity (Wildman–Crippen MR) is 63.3 cm³/mol. The third-order valence-corrected chi connectivity index (χ3v) is 3.54. The van der Waals surface area contributed by atoms with E-state index in [2.05, 4.69) is 29.6 Å². The van der Waals surface area contributed by atoms with Crippen LogP contribution in [0.2, 0.25) is 0 Å². The first-order valence-electron chi connectivity index (χ1n) is 6.08. The number of nitrogens with zero attached hydrogens (tertiary/aromatic N) is 2. The fourth-order valence-corrected chi connectivity index (χ4v) is 2.41. The maximum absolute atomic E-state index is 12.2. The number of nitrogens with one attached hydrogen (secondary N) is 2. The molecule has 5 nitrogen and oxygen atoms in total. The summed E-state index contributed by atoms with van der Waals surface area (Å²) in [5.74, 6) is 0.261. The largest absolute Gasteiger partial charge is 0.340 e. The Morgan fingerprint density at radius 1 is 1.38 bits per heavy atom. The molecule has 16 heavy (non-hydrogen) atoms. The molecule has 0 spiro atoms. The van der Waals surface area contributed by atoms with Crippen molar-refractivity contribution in [2.45, 2.75) is 18.5 Å². The molecule has 1 amide bonds. The summed E-state index contributed by atoms with van der Waals surface area (Å²) < 4.78 is 0. The van der Waals surface area contributed by atoms with Gasteiger partial charge in [-0.25, -0.2) is 0 Å². The zero-order chi connectivity index (χ0) is 11.5. The molecule has 2 heterocycles. The van der Waals surface area contributed by atoms with E-state index in [0.29, 0.717) is 6.04 Å². The van der Waals surface area contributed by atoms with E-state index < -0.39 is 0 Å². The van der Waals surface area contributed by atoms with Crippen LogP contribution in [-0.2, 0) is 4.79 Å². The molecule has 2 N–H and O–H groups in total. The number of carbonyl (C=O) groups excluding carboxylic acids is 1. The smallest absolute Gasteiger partial charge is 0.241 e. The van der Waals surface area contributed by atoms with E-state index in [9.17, 15) is 4.79 Å². The minimum absolute atomic E-state index is 0.0188. The molecule has 2 aliphatic heterocycles. The van der Waals surface area contributed by atoms with Crippen LogP contribution in [0.25, 0.3) is 0 Å². The van der Waals surface area contributed by atoms with Crippen molar-refractivity contribution in [2.75, 3.05) is 46.8 Å². The number of likely N-dealkylation sites (tertiary alicyclic amines) is 1. The summed E-state index contributed by atoms with van der Waals surface area (Å²) in [6.45, 7) is 4.40. The molecule has 2 aliphatic rings. The van der Waals surface area contributed by atoms with Gasteiger partial charge in [-0.3, -0.25) is 4.79 Å². The van der Waals surface area contributed by atoms with Crippen molar-refractivity contribution in [1.29, 1.82) is 0 Å². The first-order valence-corrected chi connectivity index (χ1v) is 6.08. The van der Waals surface area contributed by atoms with Gasteiger partial charge < -0.3 is 20.4 Å². The van der Waals surface area contributed by atoms with E-state index in [-0.39, 0.29) is 11.9 Å². The summed E-state index contributed by atoms with van der Waals surface area (Å²) >= 11 is 0. The first kappa shape index (κ1) is 11.8. The Morgan fingerprint density at radius 2 is 2.19 bits per heavy atom. The SMILES string of the molecule is CN(C)C1CCN(C(=O)C2CNCCN2)C1. The summed E-state index contributed by atoms with van der Waals surface area (Å²) in [6.07, 6.45) is 1.10. The van der Waals surface area contributed by atoms with Crippen LogP contribution in [0.4, 0.5) is 0 Å². The van der Waals surface area contributed by atoms with Crippen molar-refractivity contribution < 1.29 is 4.79 Å². The second kappa shape index (κ2) is 5.12. The van der Waals surface area contributed by atoms with Crippen molar-refractivity contribution in [3.8, 4) is 0 Å². The first-order chi connectivity index (χ1) is 7.68. The minimum Gasteiger partial charge on any atom is -0.340 e. The Kier molecular flexibility index (Phi) is 3.78. The van der Waals surface area contributed by atoms with Gasteiger partial charge in [0.2, 0.25) is 5.91 Å². The second-order valence-electron chi connectivity index (χ2n) is 4.90. The van der Waals surface area contributed by atoms with Gasteiger partial charge in [0, 0.05) is 38.8 Å². The third-order valence-electron chi connectivity index (χ3n) is 3.54. The molecule has 0 radical (unpaired) electrons. The summed E-state index contributed by atoms with van der Waals surface area (Å²) in [4.78, 5) is 16.4. The monoisotopic (exact) mass is 226 g/mol. The van der Waals surface area contributed by atoms with Crippen LogP contribution in [0.15, 0.2) is 0 Å². The summed E-state index contributed by atoms with van der Waals surface area (Å²) in [5.41, 5.74) is 0. The van der Waals surface area contributed by atoms with Gasteiger partial charge >= 0.3 is 0 Å². The molecule has 2 rings (SSSR count). The highest BCUT2D eigenvalue weighted by Gasteiger charge is 2.31. The maximum atomic E-state index is 12.2. The summed E-state index contributed by atoms with van der Waals surface area (Å²) in [5, 5.41) is 6.53. The van der Waals surface area contributed by atoms with Crippen molar-refractivity contribution in [3.05, 3.63) is 0 Å². The number of amides is 1. The van der Waals surface area contributed by atoms with Crippen molar-refractivity contribution >= 4 is 5.91 Å². The molecule has 0 bridgehead atoms. The average Bonchev–Trinajstić information content (AvgIpc) is 2.78. The number of hydrogen-bond acceptors (Lipinski definition) is 4. The Hall–Kier alpha value is -0.650. The third kappa shape index (κ3) is 2.53. The summed E-state index contributed by atoms with van der Waals surface area (Å²) in [6, 6.07) is 0.509. The number of hydrogen-bond donors (Lipinski definition) is 2. The van der Waals surface area contributed by atoms with Crippen LogP contribution in [0.1, 0.15) is 6.42 Å². The lowest BCUT2D eigenvalue weighted by atomic mass is 10.2. The van der Waals surface area contributed by atoms with Gasteiger partial charge in [0.25, 0.3) is 0 Å². The van der Waals surface area contributed by atoms with Gasteiger partial charge in [-0.2, -0.15) is 0 Å². The van der Waals surface area contributed by atoms with Gasteiger partial charge in [0.1, 0.15) is 0 Å². The molecular formula is C11H22N4O. The standard InChI is InChI=1S/C11H22N4O/c1-14(2)9-3-6-15(8-9)11(16)10-7-12-4-5-13-10/h9-10,12-13H,3-8H2,1-2H3. The highest BCUT2D eigenvalue weighted by atomic mass is 16.2. The van der Waals surface area contributed by atoms with Crippen LogP contribution < -0.4 is 10.6 Å². The average molecular weight is 226 g/mol. The van der Waals surface area contributed by atoms with Gasteiger partial charge in [0.05, 0.1) is 6.04 Å². The van der Waals surface area contributed by atoms with E-state index in [1.165, 1.54) is 0 Å². The highest BCUT2D eigenvalue weighted by Crippen LogP contribution is 2.14. The lowest BCUT2D eigenvalue weighted by molar-refractivity contribution is -0.132. The molecule has 2 unspecified atom stereocenters. The molecule has 0 aliphatic carbocycles. The fourth-order valence-electron chi connectivity index (χ4n) is 2.41. The van der Waals surface area contributed by atoms with Gasteiger partial charge in [-0.05, 0) is 20.5 Å². The molecular weight excluding hydrogens is 204 g/mol. The Bertz CT molecular complexity index is 250. The van der Waals surface area contributed by atoms with Crippen LogP contribution in [-0.4, -0.2) is 74.6 Å². The quantitative estimate of drug-likeness (QED) is 0.615. The Labute approximate surface area is 97.2 Å². The lowest BCUT2D eigenvalue weighted by Crippen LogP contribution is -2.56. The number of rotatable bonds is 2. The van der Waals surface area contributed by atoms with Crippen molar-refractivity contribution in [2.24, 2.45) is 0 Å². The molecule has 0 aromatic rings. The molecule has 2 fully saturated rings. The highest BCUT2D eigenvalue weighted by molar-refractivity contribution is 5.82. The lowest BCUT2D eigenvalue weighted by Gasteiger charge is -2.28. The van der Waals surface area contributed by atoms with E-state index in [0.717, 1.165) is 39.1 Å². The Morgan fingerprint density at radius 3 is 2.75 bits per heavy atom. The molecule has 5 heteroatoms. The molecule has 0 aromatic carbocycles. The van der Waals surface area contributed by atoms with Crippen molar-refractivity contribution in [1.82, 2.24) is 20.4 Å². The van der Waals surface area contributed by atoms with Crippen molar-refractivity contribution in [3.63, 3.8) is 0 Å². The van der Waals surface area contributed by atoms with E-state index >= 15 is 0 Å². The minimum atomic E-state index is -0.0188. The normalized spacial score (nSPS) is 31.1. The second-order valence-corrected chi connectivity index (χ2v) is 4.90. The van der Waals surface area contributed by atoms with Crippen LogP contribution in [0.3, 0.4) is 0 Å². The number of piperazine rings is 1. The van der Waals surface area contributed by atoms with Gasteiger partial charge in [-0.1, -0.05) is 0 Å². The number of likely N-dealkylation sites (N-methyl/N-ethyl adjacent to an activating group) is 1. The van der Waals surface area contributed by atoms with Crippen LogP contribution in [0, 0.1) is 0 Å². The maximum Gasteiger partial charge on any atom is 0.241 e. The van der Waals surface area contributed by atoms with Gasteiger partial charge in [0.15, 0.2) is 0 Å². The fraction of sp³-hybridized carbons (Fsp3) is 0.909. The predicted octanol–water partition coefficient (Wildman–Crippen LogP) is -1.29. The zero-order valence-electron chi connectivity index (χ0n) is 10.2. The van der Waals surface area contributed by atoms with Gasteiger partial charge in [-0.15, -0.1) is 0 Å². The topological polar surface area (TPSA) is 47.6 Å². The molecule has 2 atom stereocenters. The molecule has 0 aromatic heterocycles. The summed E-state index contributed by atoms with van der Waals surface area (Å²) in [7, 11) is 4.16. The molecule has 2 saturated heterocycles.